The second-order valence-corrected chi connectivity index (χ2v) is 11.6. The molecule has 3 rings (SSSR count). The monoisotopic (exact) mass is 481 g/mol. The molecule has 1 atom stereocenters. The van der Waals surface area contributed by atoms with Crippen LogP contribution in [0, 0.1) is 6.92 Å². The van der Waals surface area contributed by atoms with Gasteiger partial charge in [-0.1, -0.05) is 48.7 Å². The van der Waals surface area contributed by atoms with Crippen molar-refractivity contribution in [3.8, 4) is 0 Å². The molecule has 0 spiro atoms. The number of sulfonamides is 1. The Bertz CT molecular complexity index is 1020. The number of amides is 1. The second kappa shape index (κ2) is 10.3. The number of hydrogen-bond donors (Lipinski definition) is 1. The third kappa shape index (κ3) is 5.80. The Hall–Kier alpha value is -1.61. The van der Waals surface area contributed by atoms with Gasteiger partial charge < -0.3 is 5.32 Å². The smallest absolute Gasteiger partial charge is 0.244 e. The van der Waals surface area contributed by atoms with E-state index >= 15 is 0 Å². The third-order valence-electron chi connectivity index (χ3n) is 5.67. The molecule has 1 saturated carbocycles. The minimum absolute atomic E-state index is 0.0477. The largest absolute Gasteiger partial charge is 0.325 e. The summed E-state index contributed by atoms with van der Waals surface area (Å²) in [6.45, 7) is 3.63. The van der Waals surface area contributed by atoms with Crippen LogP contribution in [0.4, 0.5) is 5.69 Å². The Morgan fingerprint density at radius 2 is 1.94 bits per heavy atom. The first-order valence-corrected chi connectivity index (χ1v) is 13.1. The third-order valence-corrected chi connectivity index (χ3v) is 9.02. The van der Waals surface area contributed by atoms with E-state index in [1.807, 2.05) is 6.92 Å². The molecule has 0 saturated heterocycles. The van der Waals surface area contributed by atoms with Gasteiger partial charge in [0.05, 0.1) is 10.3 Å². The maximum Gasteiger partial charge on any atom is 0.244 e. The summed E-state index contributed by atoms with van der Waals surface area (Å²) in [7, 11) is -1.93. The highest BCUT2D eigenvalue weighted by Gasteiger charge is 2.29. The van der Waals surface area contributed by atoms with Crippen molar-refractivity contribution in [2.45, 2.75) is 67.2 Å². The van der Waals surface area contributed by atoms with Crippen LogP contribution >= 0.6 is 23.4 Å². The van der Waals surface area contributed by atoms with Crippen LogP contribution in [0.25, 0.3) is 0 Å². The predicted molar refractivity (Wildman–Crippen MR) is 126 cm³/mol. The van der Waals surface area contributed by atoms with Gasteiger partial charge in [-0.05, 0) is 56.5 Å². The number of nitrogens with one attached hydrogen (secondary N) is 1. The lowest BCUT2D eigenvalue weighted by atomic mass is 9.96. The van der Waals surface area contributed by atoms with Crippen molar-refractivity contribution in [3.05, 3.63) is 47.1 Å². The molecule has 1 aromatic heterocycles. The average Bonchev–Trinajstić information content (AvgIpc) is 2.77. The molecular weight excluding hydrogens is 454 g/mol. The number of benzene rings is 1. The number of rotatable bonds is 7. The molecule has 1 aromatic carbocycles. The fourth-order valence-corrected chi connectivity index (χ4v) is 5.93. The number of anilines is 1. The fourth-order valence-electron chi connectivity index (χ4n) is 3.61. The van der Waals surface area contributed by atoms with E-state index in [2.05, 4.69) is 10.3 Å². The van der Waals surface area contributed by atoms with E-state index in [9.17, 15) is 13.2 Å². The Balaban J connectivity index is 1.64. The van der Waals surface area contributed by atoms with E-state index in [-0.39, 0.29) is 16.8 Å². The van der Waals surface area contributed by atoms with E-state index < -0.39 is 15.3 Å². The topological polar surface area (TPSA) is 79.4 Å². The Morgan fingerprint density at radius 3 is 2.58 bits per heavy atom. The van der Waals surface area contributed by atoms with E-state index in [1.165, 1.54) is 28.7 Å². The predicted octanol–water partition coefficient (Wildman–Crippen LogP) is 5.12. The molecule has 1 aliphatic carbocycles. The van der Waals surface area contributed by atoms with Crippen LogP contribution in [-0.2, 0) is 14.8 Å². The molecule has 1 aliphatic rings. The zero-order valence-corrected chi connectivity index (χ0v) is 20.4. The number of aromatic nitrogens is 1. The number of carbonyl (C=O) groups is 1. The van der Waals surface area contributed by atoms with E-state index in [0.29, 0.717) is 15.7 Å². The summed E-state index contributed by atoms with van der Waals surface area (Å²) in [6, 6.07) is 8.63. The number of hydrogen-bond acceptors (Lipinski definition) is 5. The summed E-state index contributed by atoms with van der Waals surface area (Å²) in [5, 5.41) is 3.65. The van der Waals surface area contributed by atoms with Crippen molar-refractivity contribution < 1.29 is 13.2 Å². The van der Waals surface area contributed by atoms with Gasteiger partial charge in [-0.3, -0.25) is 4.79 Å². The van der Waals surface area contributed by atoms with Crippen molar-refractivity contribution in [1.29, 1.82) is 0 Å². The lowest BCUT2D eigenvalue weighted by Gasteiger charge is -2.30. The van der Waals surface area contributed by atoms with Gasteiger partial charge in [0.1, 0.15) is 4.90 Å². The van der Waals surface area contributed by atoms with Crippen LogP contribution < -0.4 is 5.32 Å². The zero-order valence-electron chi connectivity index (χ0n) is 18.0. The molecule has 9 heteroatoms. The molecule has 0 radical (unpaired) electrons. The molecule has 1 N–H and O–H groups in total. The summed E-state index contributed by atoms with van der Waals surface area (Å²) >= 11 is 7.38. The number of thioether (sulfide) groups is 1. The average molecular weight is 482 g/mol. The van der Waals surface area contributed by atoms with E-state index in [0.717, 1.165) is 31.2 Å². The first kappa shape index (κ1) is 24.0. The molecule has 1 fully saturated rings. The lowest BCUT2D eigenvalue weighted by Crippen LogP contribution is -2.38. The van der Waals surface area contributed by atoms with Gasteiger partial charge in [-0.25, -0.2) is 13.4 Å². The van der Waals surface area contributed by atoms with Crippen molar-refractivity contribution in [3.63, 3.8) is 0 Å². The van der Waals surface area contributed by atoms with Gasteiger partial charge in [0.15, 0.2) is 0 Å². The molecule has 2 aromatic rings. The number of carbonyl (C=O) groups excluding carboxylic acids is 1. The quantitative estimate of drug-likeness (QED) is 0.555. The molecule has 1 heterocycles. The number of halogens is 1. The van der Waals surface area contributed by atoms with Crippen LogP contribution in [0.3, 0.4) is 0 Å². The lowest BCUT2D eigenvalue weighted by molar-refractivity contribution is -0.115. The van der Waals surface area contributed by atoms with Crippen LogP contribution in [0.5, 0.6) is 0 Å². The van der Waals surface area contributed by atoms with Gasteiger partial charge in [0, 0.05) is 30.0 Å². The maximum absolute atomic E-state index is 12.9. The molecule has 31 heavy (non-hydrogen) atoms. The van der Waals surface area contributed by atoms with Gasteiger partial charge in [-0.15, -0.1) is 0 Å². The van der Waals surface area contributed by atoms with Gasteiger partial charge in [0.2, 0.25) is 15.9 Å². The maximum atomic E-state index is 12.9. The molecule has 1 amide bonds. The molecule has 6 nitrogen and oxygen atoms in total. The fraction of sp³-hybridized carbons (Fsp3) is 0.455. The number of nitrogens with zero attached hydrogens (tertiary/aromatic N) is 2. The van der Waals surface area contributed by atoms with Gasteiger partial charge >= 0.3 is 0 Å². The first-order chi connectivity index (χ1) is 14.7. The first-order valence-electron chi connectivity index (χ1n) is 10.4. The molecule has 0 aliphatic heterocycles. The summed E-state index contributed by atoms with van der Waals surface area (Å²) in [5.74, 6) is -0.175. The molecular formula is C22H28ClN3O3S2. The van der Waals surface area contributed by atoms with Gasteiger partial charge in [-0.2, -0.15) is 4.31 Å². The van der Waals surface area contributed by atoms with E-state index in [4.69, 9.17) is 11.6 Å². The summed E-state index contributed by atoms with van der Waals surface area (Å²) in [5.41, 5.74) is 1.48. The standard InChI is InChI=1S/C22H28ClN3O3S2/c1-15-19(23)10-7-11-20(15)25-22(27)16(2)30-21-13-12-18(14-24-21)31(28,29)26(3)17-8-5-4-6-9-17/h7,10-14,16-17H,4-6,8-9H2,1-3H3,(H,25,27)/t16-/m0/s1. The minimum Gasteiger partial charge on any atom is -0.325 e. The van der Waals surface area contributed by atoms with E-state index in [1.54, 1.807) is 44.3 Å². The Labute approximate surface area is 193 Å². The number of pyridine rings is 1. The minimum atomic E-state index is -3.58. The molecule has 168 valence electrons. The van der Waals surface area contributed by atoms with Crippen LogP contribution in [0.1, 0.15) is 44.6 Å². The normalized spacial score (nSPS) is 16.3. The van der Waals surface area contributed by atoms with Crippen LogP contribution in [0.15, 0.2) is 46.5 Å². The van der Waals surface area contributed by atoms with Crippen molar-refractivity contribution in [2.24, 2.45) is 0 Å². The van der Waals surface area contributed by atoms with Crippen molar-refractivity contribution in [2.75, 3.05) is 12.4 Å². The summed E-state index contributed by atoms with van der Waals surface area (Å²) in [4.78, 5) is 17.0. The highest BCUT2D eigenvalue weighted by atomic mass is 35.5. The summed E-state index contributed by atoms with van der Waals surface area (Å²) < 4.78 is 27.4. The van der Waals surface area contributed by atoms with Crippen LogP contribution in [-0.4, -0.2) is 42.0 Å². The molecule has 0 bridgehead atoms. The molecule has 0 unspecified atom stereocenters. The Morgan fingerprint density at radius 1 is 1.23 bits per heavy atom. The highest BCUT2D eigenvalue weighted by molar-refractivity contribution is 8.00. The van der Waals surface area contributed by atoms with Crippen molar-refractivity contribution in [1.82, 2.24) is 9.29 Å². The SMILES string of the molecule is Cc1c(Cl)cccc1NC(=O)[C@H](C)Sc1ccc(S(=O)(=O)N(C)C2CCCCC2)cn1. The second-order valence-electron chi connectivity index (χ2n) is 7.81. The van der Waals surface area contributed by atoms with Crippen LogP contribution in [0.2, 0.25) is 5.02 Å². The zero-order chi connectivity index (χ0) is 22.6. The Kier molecular flexibility index (Phi) is 8.02. The van der Waals surface area contributed by atoms with Crippen molar-refractivity contribution >= 4 is 45.0 Å². The highest BCUT2D eigenvalue weighted by Crippen LogP contribution is 2.29. The summed E-state index contributed by atoms with van der Waals surface area (Å²) in [6.07, 6.45) is 6.47. The van der Waals surface area contributed by atoms with Gasteiger partial charge in [0.25, 0.3) is 0 Å².